The Morgan fingerprint density at radius 1 is 1.12 bits per heavy atom. The standard InChI is InChI=1S/C21H23N3O6S2/c1-10-8-11(2)18(13(4)15(10)9-17(25)26)22-20(27)19-16(6-7-31-19)32(28,29)24-21-12(3)14(5)23-30-21/h6-8,24H,9H2,1-5H3,(H,22,27)(H,25,26). The van der Waals surface area contributed by atoms with Crippen molar-refractivity contribution in [3.05, 3.63) is 55.9 Å². The first-order chi connectivity index (χ1) is 14.9. The second-order valence-corrected chi connectivity index (χ2v) is 10.0. The van der Waals surface area contributed by atoms with E-state index in [9.17, 15) is 23.1 Å². The molecule has 0 radical (unpaired) electrons. The van der Waals surface area contributed by atoms with Crippen molar-refractivity contribution in [1.29, 1.82) is 0 Å². The minimum atomic E-state index is -4.11. The Morgan fingerprint density at radius 3 is 2.41 bits per heavy atom. The molecule has 0 saturated carbocycles. The normalized spacial score (nSPS) is 11.4. The predicted molar refractivity (Wildman–Crippen MR) is 121 cm³/mol. The number of carbonyl (C=O) groups is 2. The molecule has 0 saturated heterocycles. The van der Waals surface area contributed by atoms with E-state index in [-0.39, 0.29) is 22.1 Å². The van der Waals surface area contributed by atoms with Gasteiger partial charge in [-0.05, 0) is 68.3 Å². The van der Waals surface area contributed by atoms with Crippen LogP contribution in [0.3, 0.4) is 0 Å². The molecule has 3 rings (SSSR count). The average molecular weight is 478 g/mol. The third-order valence-corrected chi connectivity index (χ3v) is 7.62. The Bertz CT molecular complexity index is 1320. The van der Waals surface area contributed by atoms with E-state index in [1.165, 1.54) is 11.4 Å². The molecule has 0 aliphatic rings. The van der Waals surface area contributed by atoms with Crippen LogP contribution >= 0.6 is 11.3 Å². The molecule has 2 heterocycles. The summed E-state index contributed by atoms with van der Waals surface area (Å²) in [6.07, 6.45) is -0.181. The highest BCUT2D eigenvalue weighted by Gasteiger charge is 2.27. The number of hydrogen-bond donors (Lipinski definition) is 3. The SMILES string of the molecule is Cc1cc(C)c(NC(=O)c2sccc2S(=O)(=O)Nc2onc(C)c2C)c(C)c1CC(=O)O. The second-order valence-electron chi connectivity index (χ2n) is 7.46. The molecular formula is C21H23N3O6S2. The van der Waals surface area contributed by atoms with Crippen molar-refractivity contribution in [2.45, 2.75) is 45.9 Å². The number of aromatic nitrogens is 1. The molecule has 11 heteroatoms. The van der Waals surface area contributed by atoms with Crippen molar-refractivity contribution in [3.8, 4) is 0 Å². The van der Waals surface area contributed by atoms with Gasteiger partial charge in [-0.15, -0.1) is 11.3 Å². The third kappa shape index (κ3) is 4.53. The topological polar surface area (TPSA) is 139 Å². The summed E-state index contributed by atoms with van der Waals surface area (Å²) in [5, 5.41) is 17.2. The number of nitrogens with one attached hydrogen (secondary N) is 2. The highest BCUT2D eigenvalue weighted by Crippen LogP contribution is 2.31. The zero-order valence-electron chi connectivity index (χ0n) is 18.2. The van der Waals surface area contributed by atoms with Gasteiger partial charge in [0.25, 0.3) is 15.9 Å². The number of carboxylic acid groups (broad SMARTS) is 1. The third-order valence-electron chi connectivity index (χ3n) is 5.21. The van der Waals surface area contributed by atoms with E-state index in [2.05, 4.69) is 15.2 Å². The second kappa shape index (κ2) is 8.75. The van der Waals surface area contributed by atoms with E-state index in [4.69, 9.17) is 4.52 Å². The van der Waals surface area contributed by atoms with Crippen LogP contribution in [0.5, 0.6) is 0 Å². The summed E-state index contributed by atoms with van der Waals surface area (Å²) in [6.45, 7) is 8.69. The zero-order valence-corrected chi connectivity index (χ0v) is 19.8. The number of rotatable bonds is 7. The van der Waals surface area contributed by atoms with E-state index in [1.54, 1.807) is 33.8 Å². The van der Waals surface area contributed by atoms with Crippen molar-refractivity contribution in [3.63, 3.8) is 0 Å². The summed E-state index contributed by atoms with van der Waals surface area (Å²) in [4.78, 5) is 24.1. The number of anilines is 2. The zero-order chi connectivity index (χ0) is 23.8. The lowest BCUT2D eigenvalue weighted by Gasteiger charge is -2.17. The largest absolute Gasteiger partial charge is 0.481 e. The molecule has 170 valence electrons. The average Bonchev–Trinajstić information content (AvgIpc) is 3.31. The van der Waals surface area contributed by atoms with Crippen LogP contribution in [0.1, 0.15) is 43.2 Å². The van der Waals surface area contributed by atoms with Gasteiger partial charge in [-0.3, -0.25) is 9.59 Å². The number of hydrogen-bond acceptors (Lipinski definition) is 7. The molecule has 0 spiro atoms. The molecule has 0 aliphatic carbocycles. The van der Waals surface area contributed by atoms with E-state index >= 15 is 0 Å². The number of aliphatic carboxylic acids is 1. The lowest BCUT2D eigenvalue weighted by molar-refractivity contribution is -0.136. The Hall–Kier alpha value is -3.18. The molecule has 1 aromatic carbocycles. The fourth-order valence-corrected chi connectivity index (χ4v) is 5.74. The number of benzene rings is 1. The maximum atomic E-state index is 13.0. The van der Waals surface area contributed by atoms with Crippen molar-refractivity contribution in [2.24, 2.45) is 0 Å². The summed E-state index contributed by atoms with van der Waals surface area (Å²) in [7, 11) is -4.11. The first kappa shape index (κ1) is 23.5. The monoisotopic (exact) mass is 477 g/mol. The van der Waals surface area contributed by atoms with Crippen LogP contribution in [0, 0.1) is 34.6 Å². The lowest BCUT2D eigenvalue weighted by atomic mass is 9.95. The van der Waals surface area contributed by atoms with Crippen molar-refractivity contribution in [1.82, 2.24) is 5.16 Å². The smallest absolute Gasteiger partial charge is 0.307 e. The summed E-state index contributed by atoms with van der Waals surface area (Å²) >= 11 is 0.982. The van der Waals surface area contributed by atoms with Gasteiger partial charge in [0.2, 0.25) is 5.88 Å². The number of amides is 1. The van der Waals surface area contributed by atoms with Crippen LogP contribution in [-0.4, -0.2) is 30.6 Å². The number of sulfonamides is 1. The molecule has 9 nitrogen and oxygen atoms in total. The number of aryl methyl sites for hydroxylation is 3. The van der Waals surface area contributed by atoms with Gasteiger partial charge in [0.15, 0.2) is 0 Å². The molecule has 1 amide bonds. The highest BCUT2D eigenvalue weighted by atomic mass is 32.2. The minimum Gasteiger partial charge on any atom is -0.481 e. The molecule has 2 aromatic heterocycles. The van der Waals surface area contributed by atoms with Gasteiger partial charge in [-0.1, -0.05) is 11.2 Å². The van der Waals surface area contributed by atoms with Crippen LogP contribution in [0.4, 0.5) is 11.6 Å². The first-order valence-corrected chi connectivity index (χ1v) is 11.9. The summed E-state index contributed by atoms with van der Waals surface area (Å²) in [5.41, 5.74) is 4.35. The number of carboxylic acids is 1. The number of carbonyl (C=O) groups excluding carboxylic acids is 1. The van der Waals surface area contributed by atoms with Crippen LogP contribution < -0.4 is 10.0 Å². The van der Waals surface area contributed by atoms with Crippen LogP contribution in [0.25, 0.3) is 0 Å². The van der Waals surface area contributed by atoms with Crippen molar-refractivity contribution in [2.75, 3.05) is 10.0 Å². The Morgan fingerprint density at radius 2 is 1.81 bits per heavy atom. The number of nitrogens with zero attached hydrogens (tertiary/aromatic N) is 1. The van der Waals surface area contributed by atoms with Gasteiger partial charge in [-0.25, -0.2) is 13.1 Å². The summed E-state index contributed by atoms with van der Waals surface area (Å²) in [5.74, 6) is -1.60. The molecule has 0 aliphatic heterocycles. The first-order valence-electron chi connectivity index (χ1n) is 9.58. The van der Waals surface area contributed by atoms with Gasteiger partial charge < -0.3 is 14.9 Å². The number of thiophene rings is 1. The van der Waals surface area contributed by atoms with Gasteiger partial charge >= 0.3 is 5.97 Å². The molecule has 0 bridgehead atoms. The Labute approximate surface area is 189 Å². The fraction of sp³-hybridized carbons (Fsp3) is 0.286. The van der Waals surface area contributed by atoms with E-state index in [0.717, 1.165) is 22.5 Å². The predicted octanol–water partition coefficient (Wildman–Crippen LogP) is 3.96. The molecule has 0 unspecified atom stereocenters. The quantitative estimate of drug-likeness (QED) is 0.468. The maximum Gasteiger partial charge on any atom is 0.307 e. The van der Waals surface area contributed by atoms with Gasteiger partial charge in [0, 0.05) is 11.3 Å². The van der Waals surface area contributed by atoms with Crippen molar-refractivity contribution < 1.29 is 27.6 Å². The van der Waals surface area contributed by atoms with E-state index in [1.807, 2.05) is 6.92 Å². The molecule has 0 atom stereocenters. The van der Waals surface area contributed by atoms with Crippen molar-refractivity contribution >= 4 is 44.8 Å². The Kier molecular flexibility index (Phi) is 6.42. The van der Waals surface area contributed by atoms with Crippen LogP contribution in [0.15, 0.2) is 26.9 Å². The Balaban J connectivity index is 1.94. The van der Waals surface area contributed by atoms with Crippen LogP contribution in [-0.2, 0) is 21.2 Å². The van der Waals surface area contributed by atoms with Gasteiger partial charge in [-0.2, -0.15) is 0 Å². The molecule has 3 N–H and O–H groups in total. The maximum absolute atomic E-state index is 13.0. The molecular weight excluding hydrogens is 454 g/mol. The lowest BCUT2D eigenvalue weighted by Crippen LogP contribution is -2.20. The minimum absolute atomic E-state index is 0.00875. The molecule has 32 heavy (non-hydrogen) atoms. The molecule has 3 aromatic rings. The van der Waals surface area contributed by atoms with Gasteiger partial charge in [0.05, 0.1) is 12.1 Å². The van der Waals surface area contributed by atoms with E-state index < -0.39 is 21.9 Å². The summed E-state index contributed by atoms with van der Waals surface area (Å²) in [6, 6.07) is 3.13. The van der Waals surface area contributed by atoms with E-state index in [0.29, 0.717) is 28.1 Å². The van der Waals surface area contributed by atoms with Crippen LogP contribution in [0.2, 0.25) is 0 Å². The fourth-order valence-electron chi connectivity index (χ4n) is 3.37. The summed E-state index contributed by atoms with van der Waals surface area (Å²) < 4.78 is 33.2. The van der Waals surface area contributed by atoms with Gasteiger partial charge in [0.1, 0.15) is 9.77 Å². The highest BCUT2D eigenvalue weighted by molar-refractivity contribution is 7.93. The molecule has 0 fully saturated rings.